The fourth-order valence-corrected chi connectivity index (χ4v) is 3.34. The van der Waals surface area contributed by atoms with E-state index in [1.54, 1.807) is 24.0 Å². The summed E-state index contributed by atoms with van der Waals surface area (Å²) in [6.07, 6.45) is -0.354. The van der Waals surface area contributed by atoms with Crippen molar-refractivity contribution in [3.8, 4) is 0 Å². The monoisotopic (exact) mass is 394 g/mol. The van der Waals surface area contributed by atoms with Crippen molar-refractivity contribution in [2.45, 2.75) is 32.0 Å². The molecule has 0 bridgehead atoms. The molecule has 2 atom stereocenters. The smallest absolute Gasteiger partial charge is 0.416 e. The lowest BCUT2D eigenvalue weighted by atomic mass is 9.95. The third-order valence-electron chi connectivity index (χ3n) is 4.92. The summed E-state index contributed by atoms with van der Waals surface area (Å²) in [6.45, 7) is 2.47. The number of likely N-dealkylation sites (tertiary alicyclic amines) is 1. The summed E-state index contributed by atoms with van der Waals surface area (Å²) in [6, 6.07) is 5.92. The molecule has 5 nitrogen and oxygen atoms in total. The molecule has 1 fully saturated rings. The van der Waals surface area contributed by atoms with E-state index < -0.39 is 23.7 Å². The number of carbonyl (C=O) groups is 2. The maximum absolute atomic E-state index is 12.9. The van der Waals surface area contributed by atoms with Crippen LogP contribution in [0.25, 0.3) is 0 Å². The number of piperidine rings is 1. The van der Waals surface area contributed by atoms with Crippen LogP contribution in [0.5, 0.6) is 0 Å². The summed E-state index contributed by atoms with van der Waals surface area (Å²) in [4.78, 5) is 26.7. The van der Waals surface area contributed by atoms with Crippen molar-refractivity contribution in [2.24, 2.45) is 5.92 Å². The third kappa shape index (κ3) is 4.55. The fourth-order valence-electron chi connectivity index (χ4n) is 3.34. The lowest BCUT2D eigenvalue weighted by molar-refractivity contribution is -0.137. The number of carbonyl (C=O) groups excluding carboxylic acids is 2. The van der Waals surface area contributed by atoms with Crippen molar-refractivity contribution in [3.63, 3.8) is 0 Å². The lowest BCUT2D eigenvalue weighted by Crippen LogP contribution is -2.45. The summed E-state index contributed by atoms with van der Waals surface area (Å²) in [5, 5.41) is 2.78. The van der Waals surface area contributed by atoms with Gasteiger partial charge in [-0.15, -0.1) is 0 Å². The SMILES string of the molecule is CC(NC(=O)C1CCCN(C(=O)c2ccoc2)C1)c1cccc(C(F)(F)F)c1. The molecule has 1 aromatic carbocycles. The van der Waals surface area contributed by atoms with Crippen LogP contribution in [0.15, 0.2) is 47.3 Å². The molecule has 0 spiro atoms. The van der Waals surface area contributed by atoms with E-state index in [-0.39, 0.29) is 18.4 Å². The van der Waals surface area contributed by atoms with E-state index in [4.69, 9.17) is 4.42 Å². The van der Waals surface area contributed by atoms with E-state index in [2.05, 4.69) is 5.32 Å². The van der Waals surface area contributed by atoms with Crippen LogP contribution >= 0.6 is 0 Å². The standard InChI is InChI=1S/C20H21F3N2O3/c1-13(14-4-2-6-17(10-14)20(21,22)23)24-18(26)15-5-3-8-25(11-15)19(27)16-7-9-28-12-16/h2,4,6-7,9-10,12-13,15H,3,5,8,11H2,1H3,(H,24,26). The summed E-state index contributed by atoms with van der Waals surface area (Å²) in [7, 11) is 0. The van der Waals surface area contributed by atoms with E-state index in [0.717, 1.165) is 12.1 Å². The van der Waals surface area contributed by atoms with Crippen molar-refractivity contribution < 1.29 is 27.2 Å². The molecule has 0 radical (unpaired) electrons. The second-order valence-corrected chi connectivity index (χ2v) is 6.96. The van der Waals surface area contributed by atoms with Crippen molar-refractivity contribution in [3.05, 3.63) is 59.5 Å². The van der Waals surface area contributed by atoms with Gasteiger partial charge in [-0.05, 0) is 43.5 Å². The van der Waals surface area contributed by atoms with Gasteiger partial charge >= 0.3 is 6.18 Å². The van der Waals surface area contributed by atoms with Crippen molar-refractivity contribution in [1.29, 1.82) is 0 Å². The number of benzene rings is 1. The Labute approximate surface area is 160 Å². The van der Waals surface area contributed by atoms with Crippen LogP contribution in [0.1, 0.15) is 47.3 Å². The normalized spacial score (nSPS) is 18.6. The zero-order valence-corrected chi connectivity index (χ0v) is 15.3. The van der Waals surface area contributed by atoms with Crippen LogP contribution in [0, 0.1) is 5.92 Å². The number of hydrogen-bond acceptors (Lipinski definition) is 3. The average molecular weight is 394 g/mol. The van der Waals surface area contributed by atoms with Gasteiger partial charge in [0.15, 0.2) is 0 Å². The summed E-state index contributed by atoms with van der Waals surface area (Å²) in [5.74, 6) is -0.871. The van der Waals surface area contributed by atoms with Gasteiger partial charge in [0.05, 0.1) is 29.3 Å². The number of nitrogens with one attached hydrogen (secondary N) is 1. The highest BCUT2D eigenvalue weighted by Gasteiger charge is 2.32. The minimum Gasteiger partial charge on any atom is -0.472 e. The quantitative estimate of drug-likeness (QED) is 0.852. The van der Waals surface area contributed by atoms with Crippen LogP contribution in [0.4, 0.5) is 13.2 Å². The second kappa shape index (κ2) is 8.08. The van der Waals surface area contributed by atoms with Gasteiger partial charge in [0.2, 0.25) is 5.91 Å². The Balaban J connectivity index is 1.63. The largest absolute Gasteiger partial charge is 0.472 e. The van der Waals surface area contributed by atoms with Crippen LogP contribution < -0.4 is 5.32 Å². The molecule has 1 aliphatic rings. The number of rotatable bonds is 4. The molecule has 2 heterocycles. The predicted octanol–water partition coefficient (Wildman–Crippen LogP) is 4.03. The van der Waals surface area contributed by atoms with E-state index in [0.29, 0.717) is 30.5 Å². The van der Waals surface area contributed by atoms with Crippen LogP contribution in [0.3, 0.4) is 0 Å². The third-order valence-corrected chi connectivity index (χ3v) is 4.92. The first-order chi connectivity index (χ1) is 13.3. The molecule has 1 aromatic heterocycles. The highest BCUT2D eigenvalue weighted by molar-refractivity contribution is 5.94. The molecule has 1 saturated heterocycles. The molecular formula is C20H21F3N2O3. The Kier molecular flexibility index (Phi) is 5.76. The van der Waals surface area contributed by atoms with Gasteiger partial charge in [0.1, 0.15) is 6.26 Å². The Morgan fingerprint density at radius 2 is 2.07 bits per heavy atom. The zero-order chi connectivity index (χ0) is 20.3. The van der Waals surface area contributed by atoms with Gasteiger partial charge in [0, 0.05) is 13.1 Å². The molecule has 2 unspecified atom stereocenters. The van der Waals surface area contributed by atoms with Crippen LogP contribution in [-0.4, -0.2) is 29.8 Å². The number of halogens is 3. The highest BCUT2D eigenvalue weighted by Crippen LogP contribution is 2.31. The topological polar surface area (TPSA) is 62.6 Å². The Morgan fingerprint density at radius 3 is 2.75 bits per heavy atom. The first kappa shape index (κ1) is 20.0. The molecule has 1 aliphatic heterocycles. The molecule has 150 valence electrons. The Morgan fingerprint density at radius 1 is 1.29 bits per heavy atom. The predicted molar refractivity (Wildman–Crippen MR) is 95.3 cm³/mol. The number of alkyl halides is 3. The summed E-state index contributed by atoms with van der Waals surface area (Å²) >= 11 is 0. The molecule has 2 aromatic rings. The van der Waals surface area contributed by atoms with Gasteiger partial charge < -0.3 is 14.6 Å². The highest BCUT2D eigenvalue weighted by atomic mass is 19.4. The van der Waals surface area contributed by atoms with Gasteiger partial charge in [0.25, 0.3) is 5.91 Å². The lowest BCUT2D eigenvalue weighted by Gasteiger charge is -2.32. The Bertz CT molecular complexity index is 833. The van der Waals surface area contributed by atoms with Gasteiger partial charge in [-0.1, -0.05) is 12.1 Å². The minimum atomic E-state index is -4.43. The van der Waals surface area contributed by atoms with E-state index in [1.165, 1.54) is 18.6 Å². The number of nitrogens with zero attached hydrogens (tertiary/aromatic N) is 1. The molecule has 1 N–H and O–H groups in total. The summed E-state index contributed by atoms with van der Waals surface area (Å²) < 4.78 is 43.6. The van der Waals surface area contributed by atoms with Crippen LogP contribution in [0.2, 0.25) is 0 Å². The maximum Gasteiger partial charge on any atom is 0.416 e. The summed E-state index contributed by atoms with van der Waals surface area (Å²) in [5.41, 5.74) is 0.0596. The average Bonchev–Trinajstić information content (AvgIpc) is 3.21. The maximum atomic E-state index is 12.9. The van der Waals surface area contributed by atoms with E-state index in [1.807, 2.05) is 0 Å². The van der Waals surface area contributed by atoms with Gasteiger partial charge in [-0.3, -0.25) is 9.59 Å². The zero-order valence-electron chi connectivity index (χ0n) is 15.3. The number of furan rings is 1. The molecular weight excluding hydrogens is 373 g/mol. The molecule has 0 saturated carbocycles. The molecule has 0 aliphatic carbocycles. The first-order valence-corrected chi connectivity index (χ1v) is 9.04. The Hall–Kier alpha value is -2.77. The van der Waals surface area contributed by atoms with Crippen molar-refractivity contribution >= 4 is 11.8 Å². The van der Waals surface area contributed by atoms with Crippen molar-refractivity contribution in [2.75, 3.05) is 13.1 Å². The number of hydrogen-bond donors (Lipinski definition) is 1. The van der Waals surface area contributed by atoms with Gasteiger partial charge in [-0.25, -0.2) is 0 Å². The molecule has 8 heteroatoms. The van der Waals surface area contributed by atoms with Crippen LogP contribution in [-0.2, 0) is 11.0 Å². The molecule has 2 amide bonds. The fraction of sp³-hybridized carbons (Fsp3) is 0.400. The van der Waals surface area contributed by atoms with Gasteiger partial charge in [-0.2, -0.15) is 13.2 Å². The first-order valence-electron chi connectivity index (χ1n) is 9.04. The van der Waals surface area contributed by atoms with E-state index in [9.17, 15) is 22.8 Å². The second-order valence-electron chi connectivity index (χ2n) is 6.96. The minimum absolute atomic E-state index is 0.197. The number of amides is 2. The van der Waals surface area contributed by atoms with E-state index >= 15 is 0 Å². The molecule has 28 heavy (non-hydrogen) atoms. The molecule has 3 rings (SSSR count). The van der Waals surface area contributed by atoms with Crippen molar-refractivity contribution in [1.82, 2.24) is 10.2 Å².